The van der Waals surface area contributed by atoms with E-state index in [0.29, 0.717) is 6.04 Å². The van der Waals surface area contributed by atoms with Gasteiger partial charge in [-0.2, -0.15) is 0 Å². The standard InChI is InChI=1S/C25H35N3O3/c1-6-23-10-7-12-28-13-11-24(21(23)28)19-9-8-18(31-5)14-20(19)27(4)22(24)25(30,16(23)2)15-26-17(3)29/h7-10,14,16,21-22,30H,6,11-13,15H2,1-5H3,(H,26,29)/t16-,21+,22-,23+,24-,25-/m1/s1. The van der Waals surface area contributed by atoms with Crippen molar-refractivity contribution in [2.45, 2.75) is 56.7 Å². The maximum Gasteiger partial charge on any atom is 0.216 e. The second kappa shape index (κ2) is 6.72. The lowest BCUT2D eigenvalue weighted by Gasteiger charge is -2.65. The number of fused-ring (bicyclic) bond motifs is 1. The first-order valence-electron chi connectivity index (χ1n) is 11.6. The summed E-state index contributed by atoms with van der Waals surface area (Å²) < 4.78 is 5.55. The van der Waals surface area contributed by atoms with Crippen LogP contribution < -0.4 is 15.0 Å². The lowest BCUT2D eigenvalue weighted by atomic mass is 9.45. The fourth-order valence-corrected chi connectivity index (χ4v) is 7.96. The first-order valence-corrected chi connectivity index (χ1v) is 11.6. The summed E-state index contributed by atoms with van der Waals surface area (Å²) in [6.07, 6.45) is 6.65. The van der Waals surface area contributed by atoms with Gasteiger partial charge in [-0.3, -0.25) is 9.69 Å². The molecule has 168 valence electrons. The molecule has 0 radical (unpaired) electrons. The van der Waals surface area contributed by atoms with Crippen LogP contribution in [0.25, 0.3) is 0 Å². The van der Waals surface area contributed by atoms with Crippen molar-refractivity contribution in [3.8, 4) is 5.75 Å². The number of rotatable bonds is 4. The van der Waals surface area contributed by atoms with Crippen LogP contribution in [0, 0.1) is 11.3 Å². The van der Waals surface area contributed by atoms with Gasteiger partial charge in [-0.25, -0.2) is 0 Å². The second-order valence-corrected chi connectivity index (χ2v) is 10.1. The molecule has 4 aliphatic rings. The van der Waals surface area contributed by atoms with Crippen molar-refractivity contribution in [3.05, 3.63) is 35.9 Å². The molecule has 0 unspecified atom stereocenters. The predicted octanol–water partition coefficient (Wildman–Crippen LogP) is 2.31. The Bertz CT molecular complexity index is 948. The Labute approximate surface area is 185 Å². The van der Waals surface area contributed by atoms with E-state index in [1.54, 1.807) is 7.11 Å². The lowest BCUT2D eigenvalue weighted by molar-refractivity contribution is -0.156. The maximum absolute atomic E-state index is 12.5. The molecular weight excluding hydrogens is 390 g/mol. The molecule has 6 nitrogen and oxygen atoms in total. The third kappa shape index (κ3) is 2.38. The molecule has 1 aromatic rings. The SMILES string of the molecule is CC[C@]12C=CCN3CC[C@@]4(c5ccc(OC)cc5N(C)[C@H]4[C@@](O)(CNC(C)=O)[C@@H]1C)[C@@H]32. The van der Waals surface area contributed by atoms with E-state index in [1.165, 1.54) is 12.5 Å². The number of amides is 1. The van der Waals surface area contributed by atoms with Gasteiger partial charge in [-0.05, 0) is 36.9 Å². The van der Waals surface area contributed by atoms with Gasteiger partial charge in [-0.15, -0.1) is 0 Å². The minimum Gasteiger partial charge on any atom is -0.497 e. The van der Waals surface area contributed by atoms with Crippen LogP contribution in [0.2, 0.25) is 0 Å². The fourth-order valence-electron chi connectivity index (χ4n) is 7.96. The molecule has 3 heterocycles. The predicted molar refractivity (Wildman–Crippen MR) is 122 cm³/mol. The molecule has 0 aromatic heterocycles. The van der Waals surface area contributed by atoms with Gasteiger partial charge in [0.2, 0.25) is 5.91 Å². The summed E-state index contributed by atoms with van der Waals surface area (Å²) in [6, 6.07) is 6.60. The summed E-state index contributed by atoms with van der Waals surface area (Å²) in [5.74, 6) is 0.712. The number of nitrogens with one attached hydrogen (secondary N) is 1. The molecule has 3 aliphatic heterocycles. The number of hydrogen-bond donors (Lipinski definition) is 2. The average Bonchev–Trinajstić information content (AvgIpc) is 3.28. The molecule has 2 N–H and O–H groups in total. The topological polar surface area (TPSA) is 65.0 Å². The van der Waals surface area contributed by atoms with Crippen LogP contribution in [0.3, 0.4) is 0 Å². The molecule has 1 aromatic carbocycles. The number of aliphatic hydroxyl groups is 1. The van der Waals surface area contributed by atoms with Crippen LogP contribution in [0.4, 0.5) is 5.69 Å². The summed E-state index contributed by atoms with van der Waals surface area (Å²) in [6.45, 7) is 8.22. The number of benzene rings is 1. The summed E-state index contributed by atoms with van der Waals surface area (Å²) in [4.78, 5) is 16.8. The first kappa shape index (κ1) is 20.8. The van der Waals surface area contributed by atoms with Crippen molar-refractivity contribution >= 4 is 11.6 Å². The van der Waals surface area contributed by atoms with Gasteiger partial charge in [0.15, 0.2) is 0 Å². The summed E-state index contributed by atoms with van der Waals surface area (Å²) in [5.41, 5.74) is 1.03. The van der Waals surface area contributed by atoms with Gasteiger partial charge < -0.3 is 20.1 Å². The van der Waals surface area contributed by atoms with E-state index in [2.05, 4.69) is 66.4 Å². The second-order valence-electron chi connectivity index (χ2n) is 10.1. The number of nitrogens with zero attached hydrogens (tertiary/aromatic N) is 2. The van der Waals surface area contributed by atoms with Crippen LogP contribution in [0.5, 0.6) is 5.75 Å². The van der Waals surface area contributed by atoms with E-state index in [0.717, 1.165) is 37.4 Å². The monoisotopic (exact) mass is 425 g/mol. The van der Waals surface area contributed by atoms with Crippen molar-refractivity contribution in [1.82, 2.24) is 10.2 Å². The van der Waals surface area contributed by atoms with Gasteiger partial charge in [0.05, 0.1) is 13.2 Å². The number of methoxy groups -OCH3 is 1. The molecule has 1 saturated carbocycles. The van der Waals surface area contributed by atoms with Crippen molar-refractivity contribution in [1.29, 1.82) is 0 Å². The largest absolute Gasteiger partial charge is 0.497 e. The van der Waals surface area contributed by atoms with E-state index in [9.17, 15) is 9.90 Å². The molecular formula is C25H35N3O3. The van der Waals surface area contributed by atoms with E-state index in [4.69, 9.17) is 4.74 Å². The Morgan fingerprint density at radius 2 is 2.13 bits per heavy atom. The van der Waals surface area contributed by atoms with E-state index < -0.39 is 5.60 Å². The van der Waals surface area contributed by atoms with Crippen molar-refractivity contribution in [3.63, 3.8) is 0 Å². The zero-order valence-electron chi connectivity index (χ0n) is 19.3. The quantitative estimate of drug-likeness (QED) is 0.725. The zero-order valence-corrected chi connectivity index (χ0v) is 19.3. The van der Waals surface area contributed by atoms with Crippen LogP contribution in [0.1, 0.15) is 39.2 Å². The van der Waals surface area contributed by atoms with Gasteiger partial charge in [0.1, 0.15) is 11.4 Å². The Kier molecular flexibility index (Phi) is 4.52. The number of anilines is 1. The molecule has 1 saturated heterocycles. The van der Waals surface area contributed by atoms with Gasteiger partial charge in [0.25, 0.3) is 0 Å². The highest BCUT2D eigenvalue weighted by Gasteiger charge is 2.75. The summed E-state index contributed by atoms with van der Waals surface area (Å²) in [5, 5.41) is 15.5. The molecule has 6 atom stereocenters. The van der Waals surface area contributed by atoms with Crippen LogP contribution >= 0.6 is 0 Å². The molecule has 1 amide bonds. The third-order valence-corrected chi connectivity index (χ3v) is 9.17. The number of ether oxygens (including phenoxy) is 1. The Morgan fingerprint density at radius 3 is 2.81 bits per heavy atom. The highest BCUT2D eigenvalue weighted by molar-refractivity contribution is 5.73. The minimum atomic E-state index is -1.07. The third-order valence-electron chi connectivity index (χ3n) is 9.17. The fraction of sp³-hybridized carbons (Fsp3) is 0.640. The smallest absolute Gasteiger partial charge is 0.216 e. The number of likely N-dealkylation sites (N-methyl/N-ethyl adjacent to an activating group) is 1. The molecule has 5 rings (SSSR count). The van der Waals surface area contributed by atoms with Crippen molar-refractivity contribution in [2.24, 2.45) is 11.3 Å². The number of hydrogen-bond acceptors (Lipinski definition) is 5. The molecule has 1 aliphatic carbocycles. The number of carbonyl (C=O) groups excluding carboxylic acids is 1. The van der Waals surface area contributed by atoms with E-state index in [-0.39, 0.29) is 35.2 Å². The Hall–Kier alpha value is -2.05. The summed E-state index contributed by atoms with van der Waals surface area (Å²) >= 11 is 0. The molecule has 2 fully saturated rings. The van der Waals surface area contributed by atoms with Gasteiger partial charge in [0, 0.05) is 55.7 Å². The minimum absolute atomic E-state index is 0.0178. The average molecular weight is 426 g/mol. The van der Waals surface area contributed by atoms with Crippen LogP contribution in [-0.2, 0) is 10.2 Å². The van der Waals surface area contributed by atoms with Gasteiger partial charge in [-0.1, -0.05) is 32.1 Å². The Balaban J connectivity index is 1.78. The van der Waals surface area contributed by atoms with E-state index >= 15 is 0 Å². The van der Waals surface area contributed by atoms with Crippen LogP contribution in [0.15, 0.2) is 30.4 Å². The first-order chi connectivity index (χ1) is 14.8. The van der Waals surface area contributed by atoms with E-state index in [1.807, 2.05) is 0 Å². The maximum atomic E-state index is 12.5. The molecule has 6 heteroatoms. The molecule has 31 heavy (non-hydrogen) atoms. The van der Waals surface area contributed by atoms with Crippen molar-refractivity contribution in [2.75, 3.05) is 38.7 Å². The lowest BCUT2D eigenvalue weighted by Crippen LogP contribution is -2.77. The van der Waals surface area contributed by atoms with Gasteiger partial charge >= 0.3 is 0 Å². The molecule has 1 spiro atoms. The Morgan fingerprint density at radius 1 is 1.35 bits per heavy atom. The van der Waals surface area contributed by atoms with Crippen molar-refractivity contribution < 1.29 is 14.6 Å². The summed E-state index contributed by atoms with van der Waals surface area (Å²) in [7, 11) is 3.80. The number of carbonyl (C=O) groups is 1. The highest BCUT2D eigenvalue weighted by atomic mass is 16.5. The zero-order chi connectivity index (χ0) is 22.2. The normalized spacial score (nSPS) is 40.3. The highest BCUT2D eigenvalue weighted by Crippen LogP contribution is 2.68. The molecule has 0 bridgehead atoms. The van der Waals surface area contributed by atoms with Crippen LogP contribution in [-0.4, -0.2) is 67.4 Å².